The number of hydrogen-bond acceptors (Lipinski definition) is 2. The molecule has 3 heteroatoms. The predicted octanol–water partition coefficient (Wildman–Crippen LogP) is 2.86. The van der Waals surface area contributed by atoms with Crippen LogP contribution in [-0.2, 0) is 0 Å². The molecule has 2 heterocycles. The van der Waals surface area contributed by atoms with Crippen molar-refractivity contribution in [3.8, 4) is 0 Å². The average molecular weight is 233 g/mol. The third-order valence-corrected chi connectivity index (χ3v) is 4.38. The maximum Gasteiger partial charge on any atom is 0.0522 e. The zero-order chi connectivity index (χ0) is 11.5. The van der Waals surface area contributed by atoms with Crippen LogP contribution in [-0.4, -0.2) is 22.9 Å². The SMILES string of the molecule is c1cc(C2CCNCC2)n(C2CCCCC2)n1. The van der Waals surface area contributed by atoms with E-state index in [1.165, 1.54) is 63.7 Å². The van der Waals surface area contributed by atoms with Crippen molar-refractivity contribution in [1.29, 1.82) is 0 Å². The molecule has 1 aromatic rings. The summed E-state index contributed by atoms with van der Waals surface area (Å²) >= 11 is 0. The zero-order valence-electron chi connectivity index (χ0n) is 10.6. The van der Waals surface area contributed by atoms with Crippen LogP contribution in [0.5, 0.6) is 0 Å². The number of nitrogens with one attached hydrogen (secondary N) is 1. The second-order valence-electron chi connectivity index (χ2n) is 5.52. The Morgan fingerprint density at radius 3 is 2.59 bits per heavy atom. The van der Waals surface area contributed by atoms with E-state index in [4.69, 9.17) is 0 Å². The first-order valence-corrected chi connectivity index (χ1v) is 7.19. The lowest BCUT2D eigenvalue weighted by Crippen LogP contribution is -2.28. The molecule has 0 aromatic carbocycles. The molecule has 1 saturated heterocycles. The fraction of sp³-hybridized carbons (Fsp3) is 0.786. The summed E-state index contributed by atoms with van der Waals surface area (Å²) in [7, 11) is 0. The van der Waals surface area contributed by atoms with Gasteiger partial charge in [-0.2, -0.15) is 5.10 Å². The summed E-state index contributed by atoms with van der Waals surface area (Å²) in [4.78, 5) is 0. The topological polar surface area (TPSA) is 29.9 Å². The van der Waals surface area contributed by atoms with E-state index in [-0.39, 0.29) is 0 Å². The van der Waals surface area contributed by atoms with Crippen LogP contribution in [0.4, 0.5) is 0 Å². The molecule has 0 atom stereocenters. The van der Waals surface area contributed by atoms with Gasteiger partial charge in [-0.25, -0.2) is 0 Å². The van der Waals surface area contributed by atoms with Crippen molar-refractivity contribution >= 4 is 0 Å². The fourth-order valence-corrected chi connectivity index (χ4v) is 3.40. The average Bonchev–Trinajstić information content (AvgIpc) is 2.90. The Morgan fingerprint density at radius 1 is 1.06 bits per heavy atom. The minimum absolute atomic E-state index is 0.684. The van der Waals surface area contributed by atoms with E-state index in [1.807, 2.05) is 6.20 Å². The highest BCUT2D eigenvalue weighted by molar-refractivity contribution is 5.10. The molecular formula is C14H23N3. The molecule has 2 aliphatic rings. The Bertz CT molecular complexity index is 314. The lowest BCUT2D eigenvalue weighted by Gasteiger charge is -2.28. The van der Waals surface area contributed by atoms with E-state index in [0.717, 1.165) is 5.92 Å². The largest absolute Gasteiger partial charge is 0.317 e. The number of aromatic nitrogens is 2. The summed E-state index contributed by atoms with van der Waals surface area (Å²) in [5.41, 5.74) is 1.50. The highest BCUT2D eigenvalue weighted by Gasteiger charge is 2.23. The standard InChI is InChI=1S/C14H23N3/c1-2-4-13(5-3-1)17-14(8-11-16-17)12-6-9-15-10-7-12/h8,11-13,15H,1-7,9-10H2. The van der Waals surface area contributed by atoms with Gasteiger partial charge in [-0.3, -0.25) is 4.68 Å². The van der Waals surface area contributed by atoms with E-state index < -0.39 is 0 Å². The lowest BCUT2D eigenvalue weighted by molar-refractivity contribution is 0.309. The Hall–Kier alpha value is -0.830. The highest BCUT2D eigenvalue weighted by atomic mass is 15.3. The van der Waals surface area contributed by atoms with Gasteiger partial charge in [0.05, 0.1) is 6.04 Å². The van der Waals surface area contributed by atoms with Crippen molar-refractivity contribution in [2.24, 2.45) is 0 Å². The van der Waals surface area contributed by atoms with Crippen LogP contribution in [0, 0.1) is 0 Å². The van der Waals surface area contributed by atoms with Crippen molar-refractivity contribution in [3.05, 3.63) is 18.0 Å². The van der Waals surface area contributed by atoms with Gasteiger partial charge in [-0.1, -0.05) is 19.3 Å². The van der Waals surface area contributed by atoms with Gasteiger partial charge in [0.1, 0.15) is 0 Å². The molecule has 1 aliphatic carbocycles. The molecule has 2 fully saturated rings. The summed E-state index contributed by atoms with van der Waals surface area (Å²) in [6.07, 6.45) is 11.4. The third-order valence-electron chi connectivity index (χ3n) is 4.38. The molecule has 0 spiro atoms. The van der Waals surface area contributed by atoms with Gasteiger partial charge in [0.15, 0.2) is 0 Å². The Balaban J connectivity index is 1.77. The van der Waals surface area contributed by atoms with Crippen LogP contribution in [0.3, 0.4) is 0 Å². The van der Waals surface area contributed by atoms with Gasteiger partial charge in [-0.05, 0) is 44.8 Å². The molecule has 1 saturated carbocycles. The first kappa shape index (κ1) is 11.3. The summed E-state index contributed by atoms with van der Waals surface area (Å²) in [5.74, 6) is 0.737. The fourth-order valence-electron chi connectivity index (χ4n) is 3.40. The van der Waals surface area contributed by atoms with Crippen LogP contribution in [0.15, 0.2) is 12.3 Å². The smallest absolute Gasteiger partial charge is 0.0522 e. The maximum atomic E-state index is 4.61. The number of piperidine rings is 1. The predicted molar refractivity (Wildman–Crippen MR) is 69.2 cm³/mol. The molecule has 0 bridgehead atoms. The lowest BCUT2D eigenvalue weighted by atomic mass is 9.92. The van der Waals surface area contributed by atoms with Gasteiger partial charge in [0.25, 0.3) is 0 Å². The van der Waals surface area contributed by atoms with Crippen LogP contribution >= 0.6 is 0 Å². The van der Waals surface area contributed by atoms with Crippen LogP contribution in [0.25, 0.3) is 0 Å². The van der Waals surface area contributed by atoms with E-state index >= 15 is 0 Å². The van der Waals surface area contributed by atoms with Crippen molar-refractivity contribution in [3.63, 3.8) is 0 Å². The Labute approximate surface area is 104 Å². The highest BCUT2D eigenvalue weighted by Crippen LogP contribution is 2.32. The van der Waals surface area contributed by atoms with E-state index in [1.54, 1.807) is 0 Å². The first-order valence-electron chi connectivity index (χ1n) is 7.19. The van der Waals surface area contributed by atoms with E-state index in [2.05, 4.69) is 21.2 Å². The molecule has 17 heavy (non-hydrogen) atoms. The Morgan fingerprint density at radius 2 is 1.82 bits per heavy atom. The van der Waals surface area contributed by atoms with Gasteiger partial charge >= 0.3 is 0 Å². The normalized spacial score (nSPS) is 24.0. The van der Waals surface area contributed by atoms with Crippen molar-refractivity contribution < 1.29 is 0 Å². The Kier molecular flexibility index (Phi) is 3.46. The second kappa shape index (κ2) is 5.21. The van der Waals surface area contributed by atoms with Crippen LogP contribution < -0.4 is 5.32 Å². The molecule has 1 aromatic heterocycles. The minimum atomic E-state index is 0.684. The summed E-state index contributed by atoms with van der Waals surface area (Å²) in [5, 5.41) is 8.06. The van der Waals surface area contributed by atoms with E-state index in [9.17, 15) is 0 Å². The monoisotopic (exact) mass is 233 g/mol. The molecule has 3 rings (SSSR count). The van der Waals surface area contributed by atoms with Gasteiger partial charge < -0.3 is 5.32 Å². The van der Waals surface area contributed by atoms with Crippen molar-refractivity contribution in [2.45, 2.75) is 56.9 Å². The molecule has 1 aliphatic heterocycles. The summed E-state index contributed by atoms with van der Waals surface area (Å²) in [6, 6.07) is 2.94. The molecule has 3 nitrogen and oxygen atoms in total. The molecule has 1 N–H and O–H groups in total. The van der Waals surface area contributed by atoms with Crippen molar-refractivity contribution in [1.82, 2.24) is 15.1 Å². The van der Waals surface area contributed by atoms with E-state index in [0.29, 0.717) is 6.04 Å². The molecule has 0 amide bonds. The van der Waals surface area contributed by atoms with Crippen LogP contribution in [0.1, 0.15) is 62.6 Å². The molecule has 0 unspecified atom stereocenters. The summed E-state index contributed by atoms with van der Waals surface area (Å²) < 4.78 is 2.36. The molecule has 0 radical (unpaired) electrons. The quantitative estimate of drug-likeness (QED) is 0.851. The molecular weight excluding hydrogens is 210 g/mol. The minimum Gasteiger partial charge on any atom is -0.317 e. The van der Waals surface area contributed by atoms with Crippen LogP contribution in [0.2, 0.25) is 0 Å². The maximum absolute atomic E-state index is 4.61. The van der Waals surface area contributed by atoms with Crippen molar-refractivity contribution in [2.75, 3.05) is 13.1 Å². The molecule has 94 valence electrons. The number of nitrogens with zero attached hydrogens (tertiary/aromatic N) is 2. The summed E-state index contributed by atoms with van der Waals surface area (Å²) in [6.45, 7) is 2.33. The second-order valence-corrected chi connectivity index (χ2v) is 5.52. The number of hydrogen-bond donors (Lipinski definition) is 1. The van der Waals surface area contributed by atoms with Gasteiger partial charge in [0, 0.05) is 17.8 Å². The third kappa shape index (κ3) is 2.39. The zero-order valence-corrected chi connectivity index (χ0v) is 10.6. The van der Waals surface area contributed by atoms with Gasteiger partial charge in [-0.15, -0.1) is 0 Å². The number of rotatable bonds is 2. The van der Waals surface area contributed by atoms with Gasteiger partial charge in [0.2, 0.25) is 0 Å². The first-order chi connectivity index (χ1) is 8.45.